The number of carbonyl (C=O) groups excluding carboxylic acids is 4. The second kappa shape index (κ2) is 11.7. The van der Waals surface area contributed by atoms with Crippen molar-refractivity contribution in [2.75, 3.05) is 34.4 Å². The van der Waals surface area contributed by atoms with E-state index in [2.05, 4.69) is 5.32 Å². The zero-order valence-electron chi connectivity index (χ0n) is 20.6. The van der Waals surface area contributed by atoms with E-state index in [0.717, 1.165) is 5.56 Å². The van der Waals surface area contributed by atoms with Crippen molar-refractivity contribution in [2.24, 2.45) is 11.8 Å². The van der Waals surface area contributed by atoms with Gasteiger partial charge in [-0.25, -0.2) is 4.79 Å². The maximum absolute atomic E-state index is 13.3. The predicted molar refractivity (Wildman–Crippen MR) is 120 cm³/mol. The van der Waals surface area contributed by atoms with Gasteiger partial charge in [0.25, 0.3) is 0 Å². The van der Waals surface area contributed by atoms with Crippen LogP contribution in [0.2, 0.25) is 0 Å². The summed E-state index contributed by atoms with van der Waals surface area (Å²) in [6.45, 7) is 1.76. The third-order valence-corrected chi connectivity index (χ3v) is 6.18. The average Bonchev–Trinajstić information content (AvgIpc) is 3.27. The summed E-state index contributed by atoms with van der Waals surface area (Å²) in [5.41, 5.74) is -0.552. The molecule has 1 aromatic rings. The molecule has 1 aromatic carbocycles. The minimum Gasteiger partial charge on any atom is -0.475 e. The van der Waals surface area contributed by atoms with Crippen LogP contribution in [0, 0.1) is 11.8 Å². The van der Waals surface area contributed by atoms with Crippen LogP contribution in [0.4, 0.5) is 13.2 Å². The largest absolute Gasteiger partial charge is 0.490 e. The Bertz CT molecular complexity index is 1040. The van der Waals surface area contributed by atoms with Crippen molar-refractivity contribution in [3.05, 3.63) is 35.9 Å². The summed E-state index contributed by atoms with van der Waals surface area (Å²) in [6.07, 6.45) is -5.08. The van der Waals surface area contributed by atoms with Gasteiger partial charge in [0.1, 0.15) is 12.1 Å². The summed E-state index contributed by atoms with van der Waals surface area (Å²) in [4.78, 5) is 62.8. The lowest BCUT2D eigenvalue weighted by Crippen LogP contribution is -2.56. The zero-order chi connectivity index (χ0) is 28.1. The fourth-order valence-electron chi connectivity index (χ4n) is 4.44. The number of fused-ring (bicyclic) bond motifs is 1. The molecule has 0 radical (unpaired) electrons. The highest BCUT2D eigenvalue weighted by atomic mass is 19.4. The van der Waals surface area contributed by atoms with E-state index in [-0.39, 0.29) is 31.5 Å². The normalized spacial score (nSPS) is 24.7. The second-order valence-electron chi connectivity index (χ2n) is 8.71. The SMILES string of the molecule is COCC(=O)N(C)C[C@H]1N[C@@](C)(C(=O)OC)[C@H]2C(=O)N(Cc3ccccc3)C(=O)[C@@H]12.O=C(O)C(F)(F)F. The van der Waals surface area contributed by atoms with E-state index in [1.54, 1.807) is 14.0 Å². The molecule has 11 nitrogen and oxygen atoms in total. The fourth-order valence-corrected chi connectivity index (χ4v) is 4.44. The first kappa shape index (κ1) is 29.7. The van der Waals surface area contributed by atoms with Crippen LogP contribution in [-0.2, 0) is 40.0 Å². The number of likely N-dealkylation sites (tertiary alicyclic amines) is 1. The van der Waals surface area contributed by atoms with Gasteiger partial charge in [0.15, 0.2) is 0 Å². The Morgan fingerprint density at radius 3 is 2.19 bits per heavy atom. The van der Waals surface area contributed by atoms with Crippen LogP contribution >= 0.6 is 0 Å². The number of carboxylic acid groups (broad SMARTS) is 1. The highest BCUT2D eigenvalue weighted by Gasteiger charge is 2.66. The Kier molecular flexibility index (Phi) is 9.38. The Morgan fingerprint density at radius 1 is 1.14 bits per heavy atom. The number of esters is 1. The first-order valence-electron chi connectivity index (χ1n) is 11.0. The molecular weight excluding hydrogens is 503 g/mol. The summed E-state index contributed by atoms with van der Waals surface area (Å²) in [5.74, 6) is -6.09. The number of carbonyl (C=O) groups is 5. The average molecular weight is 531 g/mol. The highest BCUT2D eigenvalue weighted by molar-refractivity contribution is 6.09. The topological polar surface area (TPSA) is 143 Å². The summed E-state index contributed by atoms with van der Waals surface area (Å²) >= 11 is 0. The van der Waals surface area contributed by atoms with Crippen molar-refractivity contribution < 1.29 is 51.7 Å². The number of methoxy groups -OCH3 is 2. The lowest BCUT2D eigenvalue weighted by Gasteiger charge is -2.29. The lowest BCUT2D eigenvalue weighted by atomic mass is 9.81. The first-order chi connectivity index (χ1) is 17.2. The molecule has 0 bridgehead atoms. The van der Waals surface area contributed by atoms with Gasteiger partial charge in [0.2, 0.25) is 17.7 Å². The van der Waals surface area contributed by atoms with Gasteiger partial charge in [0, 0.05) is 26.7 Å². The van der Waals surface area contributed by atoms with Crippen LogP contribution < -0.4 is 5.32 Å². The van der Waals surface area contributed by atoms with Gasteiger partial charge in [-0.05, 0) is 12.5 Å². The number of amides is 3. The van der Waals surface area contributed by atoms with Crippen molar-refractivity contribution in [3.8, 4) is 0 Å². The van der Waals surface area contributed by atoms with E-state index >= 15 is 0 Å². The van der Waals surface area contributed by atoms with Crippen LogP contribution in [0.1, 0.15) is 12.5 Å². The third kappa shape index (κ3) is 6.43. The smallest absolute Gasteiger partial charge is 0.475 e. The van der Waals surface area contributed by atoms with Crippen molar-refractivity contribution in [1.82, 2.24) is 15.1 Å². The molecule has 0 spiro atoms. The first-order valence-corrected chi connectivity index (χ1v) is 11.0. The molecule has 3 amide bonds. The van der Waals surface area contributed by atoms with Crippen LogP contribution in [0.3, 0.4) is 0 Å². The van der Waals surface area contributed by atoms with Gasteiger partial charge in [-0.3, -0.25) is 29.4 Å². The maximum Gasteiger partial charge on any atom is 0.490 e. The Labute approximate surface area is 210 Å². The molecule has 2 fully saturated rings. The van der Waals surface area contributed by atoms with E-state index in [1.165, 1.54) is 24.0 Å². The molecule has 2 heterocycles. The molecule has 14 heteroatoms. The van der Waals surface area contributed by atoms with Gasteiger partial charge in [-0.15, -0.1) is 0 Å². The molecule has 3 rings (SSSR count). The standard InChI is InChI=1S/C21H27N3O6.C2HF3O2/c1-21(20(28)30-4)17-16(14(22-21)11-23(2)15(25)12-29-3)18(26)24(19(17)27)10-13-8-6-5-7-9-13;3-2(4,5)1(6)7/h5-9,14,16-17,22H,10-12H2,1-4H3;(H,6,7)/t14-,16+,17-,21-;/m1./s1. The molecule has 2 N–H and O–H groups in total. The van der Waals surface area contributed by atoms with Crippen LogP contribution in [0.15, 0.2) is 30.3 Å². The Morgan fingerprint density at radius 2 is 1.70 bits per heavy atom. The molecule has 0 unspecified atom stereocenters. The fraction of sp³-hybridized carbons (Fsp3) is 0.522. The second-order valence-corrected chi connectivity index (χ2v) is 8.71. The monoisotopic (exact) mass is 531 g/mol. The van der Waals surface area contributed by atoms with Crippen LogP contribution in [0.5, 0.6) is 0 Å². The number of hydrogen-bond donors (Lipinski definition) is 2. The van der Waals surface area contributed by atoms with Gasteiger partial charge in [0.05, 0.1) is 25.5 Å². The summed E-state index contributed by atoms with van der Waals surface area (Å²) < 4.78 is 41.6. The van der Waals surface area contributed by atoms with Crippen molar-refractivity contribution in [1.29, 1.82) is 0 Å². The van der Waals surface area contributed by atoms with Crippen molar-refractivity contribution >= 4 is 29.7 Å². The minimum absolute atomic E-state index is 0.0986. The molecule has 2 aliphatic heterocycles. The quantitative estimate of drug-likeness (QED) is 0.378. The maximum atomic E-state index is 13.3. The molecule has 0 aliphatic carbocycles. The van der Waals surface area contributed by atoms with Crippen molar-refractivity contribution in [3.63, 3.8) is 0 Å². The van der Waals surface area contributed by atoms with Crippen molar-refractivity contribution in [2.45, 2.75) is 31.2 Å². The Hall–Kier alpha value is -3.52. The highest BCUT2D eigenvalue weighted by Crippen LogP contribution is 2.44. The number of benzene rings is 1. The van der Waals surface area contributed by atoms with E-state index in [1.807, 2.05) is 30.3 Å². The molecule has 0 aromatic heterocycles. The summed E-state index contributed by atoms with van der Waals surface area (Å²) in [6, 6.07) is 8.61. The number of likely N-dealkylation sites (N-methyl/N-ethyl adjacent to an activating group) is 1. The number of hydrogen-bond acceptors (Lipinski definition) is 8. The zero-order valence-corrected chi connectivity index (χ0v) is 20.6. The number of nitrogens with one attached hydrogen (secondary N) is 1. The van der Waals surface area contributed by atoms with Gasteiger partial charge in [-0.1, -0.05) is 30.3 Å². The van der Waals surface area contributed by atoms with Gasteiger partial charge in [-0.2, -0.15) is 13.2 Å². The van der Waals surface area contributed by atoms with E-state index in [0.29, 0.717) is 0 Å². The number of aliphatic carboxylic acids is 1. The predicted octanol–water partition coefficient (Wildman–Crippen LogP) is 0.429. The van der Waals surface area contributed by atoms with Crippen LogP contribution in [-0.4, -0.2) is 96.7 Å². The summed E-state index contributed by atoms with van der Waals surface area (Å²) in [5, 5.41) is 10.2. The lowest BCUT2D eigenvalue weighted by molar-refractivity contribution is -0.192. The molecule has 2 aliphatic rings. The van der Waals surface area contributed by atoms with E-state index < -0.39 is 47.4 Å². The van der Waals surface area contributed by atoms with E-state index in [4.69, 9.17) is 19.4 Å². The molecule has 2 saturated heterocycles. The number of rotatable bonds is 7. The number of alkyl halides is 3. The molecule has 0 saturated carbocycles. The third-order valence-electron chi connectivity index (χ3n) is 6.18. The van der Waals surface area contributed by atoms with Gasteiger partial charge < -0.3 is 19.5 Å². The number of carboxylic acids is 1. The number of imide groups is 1. The van der Waals surface area contributed by atoms with Gasteiger partial charge >= 0.3 is 18.1 Å². The molecular formula is C23H28F3N3O8. The Balaban J connectivity index is 0.000000604. The summed E-state index contributed by atoms with van der Waals surface area (Å²) in [7, 11) is 4.26. The molecule has 204 valence electrons. The number of ether oxygens (including phenoxy) is 2. The number of nitrogens with zero attached hydrogens (tertiary/aromatic N) is 2. The number of halogens is 3. The van der Waals surface area contributed by atoms with E-state index in [9.17, 15) is 32.3 Å². The molecule has 37 heavy (non-hydrogen) atoms. The molecule has 4 atom stereocenters. The van der Waals surface area contributed by atoms with Crippen LogP contribution in [0.25, 0.3) is 0 Å². The minimum atomic E-state index is -5.08.